The minimum Gasteiger partial charge on any atom is -0.336 e. The Morgan fingerprint density at radius 2 is 2.22 bits per heavy atom. The van der Waals surface area contributed by atoms with Crippen LogP contribution in [0.3, 0.4) is 0 Å². The van der Waals surface area contributed by atoms with Crippen molar-refractivity contribution in [3.05, 3.63) is 18.0 Å². The van der Waals surface area contributed by atoms with Crippen LogP contribution in [0.15, 0.2) is 12.3 Å². The highest BCUT2D eigenvalue weighted by atomic mass is 35.5. The summed E-state index contributed by atoms with van der Waals surface area (Å²) < 4.78 is 1.63. The molecule has 1 amide bonds. The molecule has 5 nitrogen and oxygen atoms in total. The second-order valence-corrected chi connectivity index (χ2v) is 4.89. The Hall–Kier alpha value is -1.07. The van der Waals surface area contributed by atoms with Gasteiger partial charge in [0.2, 0.25) is 0 Å². The molecule has 0 saturated carbocycles. The molecule has 0 radical (unpaired) electrons. The maximum atomic E-state index is 12.3. The van der Waals surface area contributed by atoms with Crippen molar-refractivity contribution in [1.82, 2.24) is 19.6 Å². The number of rotatable bonds is 3. The van der Waals surface area contributed by atoms with Gasteiger partial charge in [-0.25, -0.2) is 0 Å². The van der Waals surface area contributed by atoms with Gasteiger partial charge in [-0.15, -0.1) is 11.6 Å². The zero-order chi connectivity index (χ0) is 13.0. The Morgan fingerprint density at radius 3 is 2.89 bits per heavy atom. The van der Waals surface area contributed by atoms with Gasteiger partial charge in [-0.3, -0.25) is 9.48 Å². The molecule has 1 fully saturated rings. The summed E-state index contributed by atoms with van der Waals surface area (Å²) in [6.45, 7) is 4.39. The first-order valence-electron chi connectivity index (χ1n) is 6.28. The molecule has 0 N–H and O–H groups in total. The van der Waals surface area contributed by atoms with E-state index >= 15 is 0 Å². The second-order valence-electron chi connectivity index (χ2n) is 4.52. The van der Waals surface area contributed by atoms with Gasteiger partial charge in [0, 0.05) is 45.3 Å². The fraction of sp³-hybridized carbons (Fsp3) is 0.667. The largest absolute Gasteiger partial charge is 0.336 e. The van der Waals surface area contributed by atoms with E-state index in [1.54, 1.807) is 24.0 Å². The van der Waals surface area contributed by atoms with E-state index in [4.69, 9.17) is 11.6 Å². The van der Waals surface area contributed by atoms with Crippen LogP contribution in [0.25, 0.3) is 0 Å². The number of amides is 1. The number of nitrogens with zero attached hydrogens (tertiary/aromatic N) is 4. The summed E-state index contributed by atoms with van der Waals surface area (Å²) in [5, 5.41) is 4.04. The van der Waals surface area contributed by atoms with Gasteiger partial charge in [0.1, 0.15) is 5.69 Å². The fourth-order valence-electron chi connectivity index (χ4n) is 2.26. The number of aromatic nitrogens is 2. The number of carbonyl (C=O) groups excluding carboxylic acids is 1. The van der Waals surface area contributed by atoms with Crippen LogP contribution in [0.2, 0.25) is 0 Å². The summed E-state index contributed by atoms with van der Waals surface area (Å²) in [6.07, 6.45) is 2.66. The first kappa shape index (κ1) is 13.4. The van der Waals surface area contributed by atoms with Crippen molar-refractivity contribution in [1.29, 1.82) is 0 Å². The van der Waals surface area contributed by atoms with Gasteiger partial charge in [0.15, 0.2) is 0 Å². The van der Waals surface area contributed by atoms with E-state index in [-0.39, 0.29) is 5.91 Å². The molecule has 1 aliphatic rings. The van der Waals surface area contributed by atoms with E-state index in [2.05, 4.69) is 10.00 Å². The Balaban J connectivity index is 1.98. The van der Waals surface area contributed by atoms with Crippen LogP contribution in [-0.2, 0) is 7.05 Å². The molecular formula is C12H19ClN4O. The van der Waals surface area contributed by atoms with Crippen molar-refractivity contribution in [2.24, 2.45) is 7.05 Å². The normalized spacial score (nSPS) is 17.8. The lowest BCUT2D eigenvalue weighted by Crippen LogP contribution is -2.36. The van der Waals surface area contributed by atoms with Crippen molar-refractivity contribution in [3.63, 3.8) is 0 Å². The minimum atomic E-state index is 0.0720. The standard InChI is InChI=1S/C12H19ClN4O/c1-15-11(3-5-14-15)12(18)17-7-2-6-16(8-4-13)9-10-17/h3,5H,2,4,6-10H2,1H3. The van der Waals surface area contributed by atoms with Gasteiger partial charge >= 0.3 is 0 Å². The summed E-state index contributed by atoms with van der Waals surface area (Å²) in [4.78, 5) is 16.5. The predicted octanol–water partition coefficient (Wildman–Crippen LogP) is 0.807. The van der Waals surface area contributed by atoms with Gasteiger partial charge in [-0.05, 0) is 19.0 Å². The van der Waals surface area contributed by atoms with E-state index in [1.165, 1.54) is 0 Å². The second kappa shape index (κ2) is 6.20. The molecule has 2 heterocycles. The van der Waals surface area contributed by atoms with Crippen molar-refractivity contribution in [3.8, 4) is 0 Å². The van der Waals surface area contributed by atoms with Crippen LogP contribution in [0, 0.1) is 0 Å². The monoisotopic (exact) mass is 270 g/mol. The van der Waals surface area contributed by atoms with Crippen molar-refractivity contribution in [2.45, 2.75) is 6.42 Å². The van der Waals surface area contributed by atoms with Crippen LogP contribution in [0.4, 0.5) is 0 Å². The van der Waals surface area contributed by atoms with Crippen LogP contribution >= 0.6 is 11.6 Å². The zero-order valence-corrected chi connectivity index (χ0v) is 11.4. The first-order chi connectivity index (χ1) is 8.72. The molecule has 0 bridgehead atoms. The number of carbonyl (C=O) groups is 1. The van der Waals surface area contributed by atoms with E-state index in [9.17, 15) is 4.79 Å². The molecule has 2 rings (SSSR count). The summed E-state index contributed by atoms with van der Waals surface area (Å²) >= 11 is 5.76. The molecule has 0 unspecified atom stereocenters. The molecule has 100 valence electrons. The third-order valence-corrected chi connectivity index (χ3v) is 3.49. The molecule has 18 heavy (non-hydrogen) atoms. The molecule has 0 atom stereocenters. The zero-order valence-electron chi connectivity index (χ0n) is 10.7. The van der Waals surface area contributed by atoms with Crippen molar-refractivity contribution < 1.29 is 4.79 Å². The first-order valence-corrected chi connectivity index (χ1v) is 6.81. The SMILES string of the molecule is Cn1nccc1C(=O)N1CCCN(CCCl)CC1. The summed E-state index contributed by atoms with van der Waals surface area (Å²) in [7, 11) is 1.80. The van der Waals surface area contributed by atoms with E-state index in [1.807, 2.05) is 4.90 Å². The summed E-state index contributed by atoms with van der Waals surface area (Å²) in [5.41, 5.74) is 0.654. The Kier molecular flexibility index (Phi) is 4.60. The van der Waals surface area contributed by atoms with Crippen LogP contribution in [-0.4, -0.2) is 64.1 Å². The Morgan fingerprint density at radius 1 is 1.39 bits per heavy atom. The average molecular weight is 271 g/mol. The molecule has 0 aliphatic carbocycles. The third kappa shape index (κ3) is 3.03. The lowest BCUT2D eigenvalue weighted by atomic mass is 10.3. The smallest absolute Gasteiger partial charge is 0.272 e. The Bertz CT molecular complexity index is 407. The molecule has 1 aliphatic heterocycles. The van der Waals surface area contributed by atoms with E-state index in [0.29, 0.717) is 11.6 Å². The van der Waals surface area contributed by atoms with Crippen molar-refractivity contribution >= 4 is 17.5 Å². The number of halogens is 1. The topological polar surface area (TPSA) is 41.4 Å². The molecule has 1 aromatic heterocycles. The summed E-state index contributed by atoms with van der Waals surface area (Å²) in [6, 6.07) is 1.77. The highest BCUT2D eigenvalue weighted by molar-refractivity contribution is 6.18. The molecule has 1 aromatic rings. The minimum absolute atomic E-state index is 0.0720. The van der Waals surface area contributed by atoms with Crippen LogP contribution < -0.4 is 0 Å². The van der Waals surface area contributed by atoms with E-state index in [0.717, 1.165) is 39.1 Å². The summed E-state index contributed by atoms with van der Waals surface area (Å²) in [5.74, 6) is 0.720. The number of alkyl halides is 1. The highest BCUT2D eigenvalue weighted by Gasteiger charge is 2.21. The van der Waals surface area contributed by atoms with Gasteiger partial charge < -0.3 is 9.80 Å². The number of hydrogen-bond acceptors (Lipinski definition) is 3. The van der Waals surface area contributed by atoms with Crippen LogP contribution in [0.5, 0.6) is 0 Å². The predicted molar refractivity (Wildman–Crippen MR) is 70.9 cm³/mol. The third-order valence-electron chi connectivity index (χ3n) is 3.32. The molecule has 0 aromatic carbocycles. The molecular weight excluding hydrogens is 252 g/mol. The lowest BCUT2D eigenvalue weighted by molar-refractivity contribution is 0.0751. The molecule has 6 heteroatoms. The quantitative estimate of drug-likeness (QED) is 0.763. The van der Waals surface area contributed by atoms with E-state index < -0.39 is 0 Å². The number of hydrogen-bond donors (Lipinski definition) is 0. The van der Waals surface area contributed by atoms with Gasteiger partial charge in [0.25, 0.3) is 5.91 Å². The maximum Gasteiger partial charge on any atom is 0.272 e. The maximum absolute atomic E-state index is 12.3. The van der Waals surface area contributed by atoms with Crippen LogP contribution in [0.1, 0.15) is 16.9 Å². The molecule has 1 saturated heterocycles. The van der Waals surface area contributed by atoms with Gasteiger partial charge in [-0.1, -0.05) is 0 Å². The van der Waals surface area contributed by atoms with Crippen molar-refractivity contribution in [2.75, 3.05) is 38.6 Å². The highest BCUT2D eigenvalue weighted by Crippen LogP contribution is 2.08. The van der Waals surface area contributed by atoms with Gasteiger partial charge in [-0.2, -0.15) is 5.10 Å². The Labute approximate surface area is 112 Å². The lowest BCUT2D eigenvalue weighted by Gasteiger charge is -2.21. The molecule has 0 spiro atoms. The fourth-order valence-corrected chi connectivity index (χ4v) is 2.50. The average Bonchev–Trinajstić information content (AvgIpc) is 2.64. The number of aryl methyl sites for hydroxylation is 1. The van der Waals surface area contributed by atoms with Gasteiger partial charge in [0.05, 0.1) is 0 Å².